The monoisotopic (exact) mass is 310 g/mol. The van der Waals surface area contributed by atoms with E-state index in [0.29, 0.717) is 12.5 Å². The van der Waals surface area contributed by atoms with Gasteiger partial charge >= 0.3 is 5.97 Å². The number of likely N-dealkylation sites (tertiary alicyclic amines) is 1. The standard InChI is InChI=1S/C15H22N2O3S/c1-10(20-2)13-16-12(8-21-13)7-17-6-11-4-3-5-15(11,9-17)14(18)19/h8,10-11H,3-7,9H2,1-2H3,(H,18,19)/t10?,11-,15+/m0/s1. The summed E-state index contributed by atoms with van der Waals surface area (Å²) in [6.45, 7) is 4.29. The van der Waals surface area contributed by atoms with Gasteiger partial charge in [0, 0.05) is 32.1 Å². The van der Waals surface area contributed by atoms with Crippen molar-refractivity contribution in [3.05, 3.63) is 16.1 Å². The minimum atomic E-state index is -0.612. The molecular weight excluding hydrogens is 288 g/mol. The van der Waals surface area contributed by atoms with E-state index in [9.17, 15) is 9.90 Å². The molecule has 1 aliphatic carbocycles. The second-order valence-corrected chi connectivity index (χ2v) is 7.16. The molecule has 2 heterocycles. The lowest BCUT2D eigenvalue weighted by Gasteiger charge is -2.23. The Morgan fingerprint density at radius 1 is 1.71 bits per heavy atom. The van der Waals surface area contributed by atoms with Crippen LogP contribution in [0.4, 0.5) is 0 Å². The molecule has 2 aliphatic rings. The SMILES string of the molecule is COC(C)c1nc(CN2C[C@@H]3CCC[C@@]3(C(=O)O)C2)cs1. The maximum Gasteiger partial charge on any atom is 0.311 e. The van der Waals surface area contributed by atoms with Crippen LogP contribution in [0.3, 0.4) is 0 Å². The molecule has 0 bridgehead atoms. The predicted molar refractivity (Wildman–Crippen MR) is 80.2 cm³/mol. The van der Waals surface area contributed by atoms with Gasteiger partial charge < -0.3 is 9.84 Å². The molecule has 0 radical (unpaired) electrons. The van der Waals surface area contributed by atoms with E-state index in [1.165, 1.54) is 0 Å². The van der Waals surface area contributed by atoms with E-state index >= 15 is 0 Å². The molecule has 0 spiro atoms. The van der Waals surface area contributed by atoms with Crippen LogP contribution in [0.1, 0.15) is 43.0 Å². The molecular formula is C15H22N2O3S. The molecule has 1 unspecified atom stereocenters. The highest BCUT2D eigenvalue weighted by Crippen LogP contribution is 2.49. The number of hydrogen-bond donors (Lipinski definition) is 1. The number of rotatable bonds is 5. The number of aliphatic carboxylic acids is 1. The molecule has 3 atom stereocenters. The average molecular weight is 310 g/mol. The number of ether oxygens (including phenoxy) is 1. The van der Waals surface area contributed by atoms with Crippen molar-refractivity contribution in [2.75, 3.05) is 20.2 Å². The lowest BCUT2D eigenvalue weighted by molar-refractivity contribution is -0.149. The van der Waals surface area contributed by atoms with Crippen molar-refractivity contribution < 1.29 is 14.6 Å². The summed E-state index contributed by atoms with van der Waals surface area (Å²) in [5.74, 6) is -0.300. The van der Waals surface area contributed by atoms with Crippen molar-refractivity contribution in [1.29, 1.82) is 0 Å². The topological polar surface area (TPSA) is 62.7 Å². The largest absolute Gasteiger partial charge is 0.481 e. The third-order valence-corrected chi connectivity index (χ3v) is 6.08. The molecule has 1 N–H and O–H groups in total. The number of aromatic nitrogens is 1. The molecule has 3 rings (SSSR count). The Hall–Kier alpha value is -0.980. The maximum absolute atomic E-state index is 11.7. The first-order valence-electron chi connectivity index (χ1n) is 7.48. The molecule has 5 nitrogen and oxygen atoms in total. The fourth-order valence-electron chi connectivity index (χ4n) is 3.78. The van der Waals surface area contributed by atoms with Gasteiger partial charge in [-0.05, 0) is 25.7 Å². The van der Waals surface area contributed by atoms with E-state index in [0.717, 1.165) is 43.1 Å². The van der Waals surface area contributed by atoms with Crippen LogP contribution in [-0.4, -0.2) is 41.2 Å². The van der Waals surface area contributed by atoms with Gasteiger partial charge in [-0.3, -0.25) is 9.69 Å². The van der Waals surface area contributed by atoms with E-state index in [1.807, 2.05) is 6.92 Å². The Balaban J connectivity index is 1.67. The van der Waals surface area contributed by atoms with Crippen LogP contribution in [0.5, 0.6) is 0 Å². The molecule has 21 heavy (non-hydrogen) atoms. The van der Waals surface area contributed by atoms with Crippen LogP contribution in [0.15, 0.2) is 5.38 Å². The third kappa shape index (κ3) is 2.60. The fraction of sp³-hybridized carbons (Fsp3) is 0.733. The molecule has 0 amide bonds. The smallest absolute Gasteiger partial charge is 0.311 e. The van der Waals surface area contributed by atoms with Gasteiger partial charge in [0.15, 0.2) is 0 Å². The Kier molecular flexibility index (Phi) is 4.03. The van der Waals surface area contributed by atoms with Crippen molar-refractivity contribution >= 4 is 17.3 Å². The summed E-state index contributed by atoms with van der Waals surface area (Å²) in [4.78, 5) is 18.5. The van der Waals surface area contributed by atoms with Crippen molar-refractivity contribution in [2.45, 2.75) is 38.8 Å². The number of hydrogen-bond acceptors (Lipinski definition) is 5. The van der Waals surface area contributed by atoms with E-state index < -0.39 is 11.4 Å². The molecule has 1 saturated carbocycles. The van der Waals surface area contributed by atoms with Crippen LogP contribution < -0.4 is 0 Å². The van der Waals surface area contributed by atoms with Crippen molar-refractivity contribution in [1.82, 2.24) is 9.88 Å². The molecule has 116 valence electrons. The van der Waals surface area contributed by atoms with Crippen molar-refractivity contribution in [3.8, 4) is 0 Å². The number of carboxylic acids is 1. The van der Waals surface area contributed by atoms with Crippen LogP contribution in [0, 0.1) is 11.3 Å². The molecule has 1 saturated heterocycles. The molecule has 0 aromatic carbocycles. The summed E-state index contributed by atoms with van der Waals surface area (Å²) < 4.78 is 5.28. The van der Waals surface area contributed by atoms with Gasteiger partial charge in [0.2, 0.25) is 0 Å². The second-order valence-electron chi connectivity index (χ2n) is 6.28. The summed E-state index contributed by atoms with van der Waals surface area (Å²) in [6.07, 6.45) is 2.95. The van der Waals surface area contributed by atoms with Crippen molar-refractivity contribution in [2.24, 2.45) is 11.3 Å². The molecule has 2 fully saturated rings. The van der Waals surface area contributed by atoms with Gasteiger partial charge in [-0.1, -0.05) is 6.42 Å². The van der Waals surface area contributed by atoms with Crippen LogP contribution in [-0.2, 0) is 16.1 Å². The van der Waals surface area contributed by atoms with E-state index in [2.05, 4.69) is 15.3 Å². The Labute approximate surface area is 128 Å². The number of carbonyl (C=O) groups is 1. The van der Waals surface area contributed by atoms with Gasteiger partial charge in [0.1, 0.15) is 11.1 Å². The predicted octanol–water partition coefficient (Wildman–Crippen LogP) is 2.54. The quantitative estimate of drug-likeness (QED) is 0.905. The minimum Gasteiger partial charge on any atom is -0.481 e. The minimum absolute atomic E-state index is 0.0204. The molecule has 1 aromatic heterocycles. The normalized spacial score (nSPS) is 30.5. The van der Waals surface area contributed by atoms with Crippen LogP contribution in [0.25, 0.3) is 0 Å². The fourth-order valence-corrected chi connectivity index (χ4v) is 4.62. The zero-order chi connectivity index (χ0) is 15.0. The molecule has 1 aromatic rings. The highest BCUT2D eigenvalue weighted by molar-refractivity contribution is 7.09. The van der Waals surface area contributed by atoms with E-state index in [4.69, 9.17) is 4.74 Å². The van der Waals surface area contributed by atoms with Crippen LogP contribution in [0.2, 0.25) is 0 Å². The number of thiazole rings is 1. The average Bonchev–Trinajstić information content (AvgIpc) is 3.11. The summed E-state index contributed by atoms with van der Waals surface area (Å²) >= 11 is 1.61. The second kappa shape index (κ2) is 5.66. The van der Waals surface area contributed by atoms with Gasteiger partial charge in [-0.15, -0.1) is 11.3 Å². The lowest BCUT2D eigenvalue weighted by atomic mass is 9.81. The zero-order valence-electron chi connectivity index (χ0n) is 12.5. The summed E-state index contributed by atoms with van der Waals surface area (Å²) in [7, 11) is 1.68. The molecule has 6 heteroatoms. The van der Waals surface area contributed by atoms with Gasteiger partial charge in [0.25, 0.3) is 0 Å². The van der Waals surface area contributed by atoms with Gasteiger partial charge in [-0.2, -0.15) is 0 Å². The Morgan fingerprint density at radius 3 is 3.19 bits per heavy atom. The number of carboxylic acid groups (broad SMARTS) is 1. The number of fused-ring (bicyclic) bond motifs is 1. The first-order valence-corrected chi connectivity index (χ1v) is 8.36. The number of methoxy groups -OCH3 is 1. The third-order valence-electron chi connectivity index (χ3n) is 5.02. The lowest BCUT2D eigenvalue weighted by Crippen LogP contribution is -2.35. The first-order chi connectivity index (χ1) is 10.0. The molecule has 1 aliphatic heterocycles. The summed E-state index contributed by atoms with van der Waals surface area (Å²) in [5.41, 5.74) is 0.526. The van der Waals surface area contributed by atoms with E-state index in [1.54, 1.807) is 18.4 Å². The zero-order valence-corrected chi connectivity index (χ0v) is 13.4. The highest BCUT2D eigenvalue weighted by Gasteiger charge is 2.54. The van der Waals surface area contributed by atoms with Gasteiger partial charge in [0.05, 0.1) is 11.1 Å². The Bertz CT molecular complexity index is 533. The van der Waals surface area contributed by atoms with E-state index in [-0.39, 0.29) is 6.10 Å². The van der Waals surface area contributed by atoms with Crippen molar-refractivity contribution in [3.63, 3.8) is 0 Å². The van der Waals surface area contributed by atoms with Crippen LogP contribution >= 0.6 is 11.3 Å². The number of nitrogens with zero attached hydrogens (tertiary/aromatic N) is 2. The summed E-state index contributed by atoms with van der Waals surface area (Å²) in [6, 6.07) is 0. The summed E-state index contributed by atoms with van der Waals surface area (Å²) in [5, 5.41) is 12.7. The Morgan fingerprint density at radius 2 is 2.52 bits per heavy atom. The first kappa shape index (κ1) is 14.9. The highest BCUT2D eigenvalue weighted by atomic mass is 32.1. The van der Waals surface area contributed by atoms with Gasteiger partial charge in [-0.25, -0.2) is 4.98 Å². The maximum atomic E-state index is 11.7.